The Kier molecular flexibility index (Phi) is 5.45. The Balaban J connectivity index is 2.09. The molecule has 1 unspecified atom stereocenters. The number of piperidine rings is 1. The van der Waals surface area contributed by atoms with Gasteiger partial charge in [0, 0.05) is 29.1 Å². The van der Waals surface area contributed by atoms with Crippen molar-refractivity contribution in [3.05, 3.63) is 33.3 Å². The first kappa shape index (κ1) is 14.3. The quantitative estimate of drug-likeness (QED) is 0.890. The number of nitrogens with one attached hydrogen (secondary N) is 1. The molecule has 3 nitrogen and oxygen atoms in total. The number of halogens is 2. The minimum Gasteiger partial charge on any atom is -0.329 e. The first-order chi connectivity index (χ1) is 8.70. The van der Waals surface area contributed by atoms with E-state index in [2.05, 4.69) is 26.4 Å². The van der Waals surface area contributed by atoms with Gasteiger partial charge in [-0.2, -0.15) is 0 Å². The van der Waals surface area contributed by atoms with E-state index in [9.17, 15) is 0 Å². The van der Waals surface area contributed by atoms with Crippen LogP contribution in [0.3, 0.4) is 0 Å². The van der Waals surface area contributed by atoms with Gasteiger partial charge < -0.3 is 5.73 Å². The van der Waals surface area contributed by atoms with Crippen LogP contribution in [0.5, 0.6) is 0 Å². The second-order valence-electron chi connectivity index (χ2n) is 4.63. The van der Waals surface area contributed by atoms with E-state index in [-0.39, 0.29) is 6.04 Å². The minimum absolute atomic E-state index is 0.108. The van der Waals surface area contributed by atoms with Gasteiger partial charge in [-0.05, 0) is 36.6 Å². The van der Waals surface area contributed by atoms with Gasteiger partial charge in [-0.15, -0.1) is 0 Å². The maximum absolute atomic E-state index is 6.06. The standard InChI is InChI=1S/C13H19BrClN3/c14-12-5-4-10(15)8-11(12)13(9-16)17-18-6-2-1-3-7-18/h4-5,8,13,17H,1-3,6-7,9,16H2. The Morgan fingerprint density at radius 1 is 1.33 bits per heavy atom. The van der Waals surface area contributed by atoms with E-state index < -0.39 is 0 Å². The highest BCUT2D eigenvalue weighted by Crippen LogP contribution is 2.27. The van der Waals surface area contributed by atoms with Crippen LogP contribution < -0.4 is 11.2 Å². The molecule has 2 rings (SSSR count). The monoisotopic (exact) mass is 331 g/mol. The molecule has 0 aliphatic carbocycles. The van der Waals surface area contributed by atoms with Crippen molar-refractivity contribution in [2.45, 2.75) is 25.3 Å². The molecule has 0 saturated carbocycles. The molecule has 1 aliphatic rings. The van der Waals surface area contributed by atoms with Crippen molar-refractivity contribution in [1.82, 2.24) is 10.4 Å². The maximum Gasteiger partial charge on any atom is 0.0598 e. The van der Waals surface area contributed by atoms with Gasteiger partial charge in [0.25, 0.3) is 0 Å². The fourth-order valence-electron chi connectivity index (χ4n) is 2.27. The van der Waals surface area contributed by atoms with Crippen LogP contribution in [0.2, 0.25) is 5.02 Å². The zero-order valence-electron chi connectivity index (χ0n) is 10.3. The molecule has 1 saturated heterocycles. The number of hydrogen-bond donors (Lipinski definition) is 2. The molecule has 1 fully saturated rings. The minimum atomic E-state index is 0.108. The highest BCUT2D eigenvalue weighted by atomic mass is 79.9. The summed E-state index contributed by atoms with van der Waals surface area (Å²) in [4.78, 5) is 0. The van der Waals surface area contributed by atoms with Gasteiger partial charge in [0.15, 0.2) is 0 Å². The molecule has 5 heteroatoms. The van der Waals surface area contributed by atoms with Crippen LogP contribution in [0.4, 0.5) is 0 Å². The Morgan fingerprint density at radius 2 is 2.06 bits per heavy atom. The van der Waals surface area contributed by atoms with Crippen LogP contribution in [0.1, 0.15) is 30.9 Å². The van der Waals surface area contributed by atoms with Crippen molar-refractivity contribution in [1.29, 1.82) is 0 Å². The van der Waals surface area contributed by atoms with Crippen molar-refractivity contribution >= 4 is 27.5 Å². The Labute approximate surface area is 122 Å². The number of hydrogen-bond acceptors (Lipinski definition) is 3. The first-order valence-corrected chi connectivity index (χ1v) is 7.54. The third kappa shape index (κ3) is 3.68. The zero-order chi connectivity index (χ0) is 13.0. The molecule has 3 N–H and O–H groups in total. The molecule has 0 bridgehead atoms. The summed E-state index contributed by atoms with van der Waals surface area (Å²) in [5, 5.41) is 3.01. The number of nitrogens with zero attached hydrogens (tertiary/aromatic N) is 1. The largest absolute Gasteiger partial charge is 0.329 e. The zero-order valence-corrected chi connectivity index (χ0v) is 12.7. The van der Waals surface area contributed by atoms with Crippen molar-refractivity contribution in [3.8, 4) is 0 Å². The summed E-state index contributed by atoms with van der Waals surface area (Å²) in [5.74, 6) is 0. The summed E-state index contributed by atoms with van der Waals surface area (Å²) in [5.41, 5.74) is 10.5. The lowest BCUT2D eigenvalue weighted by Gasteiger charge is -2.31. The lowest BCUT2D eigenvalue weighted by Crippen LogP contribution is -2.45. The summed E-state index contributed by atoms with van der Waals surface area (Å²) in [6.45, 7) is 2.73. The molecule has 1 atom stereocenters. The van der Waals surface area contributed by atoms with E-state index in [1.165, 1.54) is 19.3 Å². The summed E-state index contributed by atoms with van der Waals surface area (Å²) in [7, 11) is 0. The van der Waals surface area contributed by atoms with Crippen molar-refractivity contribution in [2.24, 2.45) is 5.73 Å². The van der Waals surface area contributed by atoms with Gasteiger partial charge in [-0.1, -0.05) is 34.0 Å². The van der Waals surface area contributed by atoms with Gasteiger partial charge in [0.1, 0.15) is 0 Å². The van der Waals surface area contributed by atoms with Gasteiger partial charge in [-0.25, -0.2) is 10.4 Å². The summed E-state index contributed by atoms with van der Waals surface area (Å²) in [6, 6.07) is 5.93. The molecule has 1 aliphatic heterocycles. The topological polar surface area (TPSA) is 41.3 Å². The van der Waals surface area contributed by atoms with E-state index in [0.717, 1.165) is 28.1 Å². The average molecular weight is 333 g/mol. The van der Waals surface area contributed by atoms with Gasteiger partial charge in [0.2, 0.25) is 0 Å². The normalized spacial score (nSPS) is 18.8. The molecule has 0 amide bonds. The number of hydrazine groups is 1. The van der Waals surface area contributed by atoms with E-state index >= 15 is 0 Å². The second-order valence-corrected chi connectivity index (χ2v) is 5.92. The van der Waals surface area contributed by atoms with Gasteiger partial charge in [0.05, 0.1) is 6.04 Å². The SMILES string of the molecule is NCC(NN1CCCCC1)c1cc(Cl)ccc1Br. The van der Waals surface area contributed by atoms with E-state index in [1.807, 2.05) is 18.2 Å². The number of nitrogens with two attached hydrogens (primary N) is 1. The van der Waals surface area contributed by atoms with Crippen molar-refractivity contribution in [2.75, 3.05) is 19.6 Å². The van der Waals surface area contributed by atoms with E-state index in [4.69, 9.17) is 17.3 Å². The van der Waals surface area contributed by atoms with Crippen LogP contribution in [0.15, 0.2) is 22.7 Å². The molecule has 1 heterocycles. The third-order valence-corrected chi connectivity index (χ3v) is 4.22. The molecule has 1 aromatic rings. The van der Waals surface area contributed by atoms with Crippen molar-refractivity contribution < 1.29 is 0 Å². The maximum atomic E-state index is 6.06. The predicted octanol–water partition coefficient (Wildman–Crippen LogP) is 3.09. The molecule has 1 aromatic carbocycles. The van der Waals surface area contributed by atoms with Crippen molar-refractivity contribution in [3.63, 3.8) is 0 Å². The van der Waals surface area contributed by atoms with Gasteiger partial charge >= 0.3 is 0 Å². The smallest absolute Gasteiger partial charge is 0.0598 e. The molecular formula is C13H19BrClN3. The third-order valence-electron chi connectivity index (χ3n) is 3.26. The van der Waals surface area contributed by atoms with Crippen LogP contribution in [-0.2, 0) is 0 Å². The molecule has 100 valence electrons. The average Bonchev–Trinajstić information content (AvgIpc) is 2.40. The Hall–Kier alpha value is -0.130. The second kappa shape index (κ2) is 6.87. The summed E-state index contributed by atoms with van der Waals surface area (Å²) < 4.78 is 1.05. The molecule has 0 spiro atoms. The van der Waals surface area contributed by atoms with E-state index in [0.29, 0.717) is 6.54 Å². The molecule has 0 aromatic heterocycles. The highest BCUT2D eigenvalue weighted by molar-refractivity contribution is 9.10. The molecule has 18 heavy (non-hydrogen) atoms. The molecule has 0 radical (unpaired) electrons. The van der Waals surface area contributed by atoms with E-state index in [1.54, 1.807) is 0 Å². The van der Waals surface area contributed by atoms with Crippen LogP contribution in [-0.4, -0.2) is 24.6 Å². The predicted molar refractivity (Wildman–Crippen MR) is 79.5 cm³/mol. The van der Waals surface area contributed by atoms with Gasteiger partial charge in [-0.3, -0.25) is 0 Å². The summed E-state index contributed by atoms with van der Waals surface area (Å²) in [6.07, 6.45) is 3.83. The van der Waals surface area contributed by atoms with Crippen LogP contribution >= 0.6 is 27.5 Å². The fourth-order valence-corrected chi connectivity index (χ4v) is 2.98. The Morgan fingerprint density at radius 3 is 2.72 bits per heavy atom. The lowest BCUT2D eigenvalue weighted by atomic mass is 10.1. The highest BCUT2D eigenvalue weighted by Gasteiger charge is 2.18. The molecular weight excluding hydrogens is 314 g/mol. The number of rotatable bonds is 4. The van der Waals surface area contributed by atoms with Crippen LogP contribution in [0.25, 0.3) is 0 Å². The first-order valence-electron chi connectivity index (χ1n) is 6.37. The summed E-state index contributed by atoms with van der Waals surface area (Å²) >= 11 is 9.62. The number of benzene rings is 1. The Bertz CT molecular complexity index is 394. The fraction of sp³-hybridized carbons (Fsp3) is 0.538. The van der Waals surface area contributed by atoms with Crippen LogP contribution in [0, 0.1) is 0 Å². The lowest BCUT2D eigenvalue weighted by molar-refractivity contribution is 0.130.